The fourth-order valence-corrected chi connectivity index (χ4v) is 2.85. The normalized spacial score (nSPS) is 10.7. The van der Waals surface area contributed by atoms with E-state index in [1.807, 2.05) is 84.7 Å². The van der Waals surface area contributed by atoms with E-state index in [9.17, 15) is 4.79 Å². The minimum absolute atomic E-state index is 0.139. The van der Waals surface area contributed by atoms with Crippen LogP contribution in [-0.2, 0) is 6.54 Å². The number of hydrogen-bond acceptors (Lipinski definition) is 3. The Kier molecular flexibility index (Phi) is 4.53. The lowest BCUT2D eigenvalue weighted by Gasteiger charge is -2.08. The van der Waals surface area contributed by atoms with Crippen molar-refractivity contribution in [3.05, 3.63) is 96.1 Å². The number of carbonyl (C=O) groups is 1. The van der Waals surface area contributed by atoms with Gasteiger partial charge in [-0.2, -0.15) is 10.2 Å². The molecule has 2 heterocycles. The number of benzene rings is 2. The number of amides is 1. The largest absolute Gasteiger partial charge is 0.322 e. The van der Waals surface area contributed by atoms with Gasteiger partial charge in [0.2, 0.25) is 0 Å². The van der Waals surface area contributed by atoms with E-state index in [4.69, 9.17) is 0 Å². The van der Waals surface area contributed by atoms with Crippen LogP contribution in [0.25, 0.3) is 5.69 Å². The lowest BCUT2D eigenvalue weighted by atomic mass is 10.1. The number of hydrogen-bond donors (Lipinski definition) is 1. The Morgan fingerprint density at radius 2 is 1.89 bits per heavy atom. The Labute approximate surface area is 157 Å². The number of rotatable bonds is 5. The molecule has 4 aromatic rings. The van der Waals surface area contributed by atoms with Crippen LogP contribution in [0.4, 0.5) is 5.69 Å². The molecule has 0 spiro atoms. The molecule has 0 unspecified atom stereocenters. The second-order valence-electron chi connectivity index (χ2n) is 6.31. The summed E-state index contributed by atoms with van der Waals surface area (Å²) in [7, 11) is 0. The number of nitrogens with zero attached hydrogens (tertiary/aromatic N) is 4. The molecular weight excluding hydrogens is 338 g/mol. The molecule has 134 valence electrons. The fourth-order valence-electron chi connectivity index (χ4n) is 2.85. The van der Waals surface area contributed by atoms with Crippen LogP contribution in [0.3, 0.4) is 0 Å². The molecule has 6 heteroatoms. The molecular formula is C21H19N5O. The molecule has 0 radical (unpaired) electrons. The Bertz CT molecular complexity index is 1050. The summed E-state index contributed by atoms with van der Waals surface area (Å²) in [5.74, 6) is -0.139. The lowest BCUT2D eigenvalue weighted by molar-refractivity contribution is 0.102. The van der Waals surface area contributed by atoms with Crippen LogP contribution in [0.15, 0.2) is 79.3 Å². The summed E-state index contributed by atoms with van der Waals surface area (Å²) in [6, 6.07) is 19.0. The van der Waals surface area contributed by atoms with Gasteiger partial charge in [0.1, 0.15) is 0 Å². The molecule has 1 N–H and O–H groups in total. The van der Waals surface area contributed by atoms with Gasteiger partial charge < -0.3 is 5.32 Å². The SMILES string of the molecule is Cc1ccn(-c2ccc(NC(=O)c3cccc(Cn4cccn4)c3)cc2)n1. The molecule has 0 aliphatic heterocycles. The summed E-state index contributed by atoms with van der Waals surface area (Å²) in [5, 5.41) is 11.5. The Morgan fingerprint density at radius 1 is 1.04 bits per heavy atom. The van der Waals surface area contributed by atoms with Crippen LogP contribution in [0, 0.1) is 6.92 Å². The molecule has 2 aromatic carbocycles. The third-order valence-corrected chi connectivity index (χ3v) is 4.21. The Morgan fingerprint density at radius 3 is 2.59 bits per heavy atom. The summed E-state index contributed by atoms with van der Waals surface area (Å²) >= 11 is 0. The van der Waals surface area contributed by atoms with Gasteiger partial charge in [0.15, 0.2) is 0 Å². The maximum Gasteiger partial charge on any atom is 0.255 e. The fraction of sp³-hybridized carbons (Fsp3) is 0.0952. The second-order valence-corrected chi connectivity index (χ2v) is 6.31. The van der Waals surface area contributed by atoms with Crippen molar-refractivity contribution in [1.29, 1.82) is 0 Å². The smallest absolute Gasteiger partial charge is 0.255 e. The lowest BCUT2D eigenvalue weighted by Crippen LogP contribution is -2.12. The highest BCUT2D eigenvalue weighted by atomic mass is 16.1. The first-order valence-corrected chi connectivity index (χ1v) is 8.68. The van der Waals surface area contributed by atoms with Crippen molar-refractivity contribution in [2.75, 3.05) is 5.32 Å². The maximum atomic E-state index is 12.6. The third-order valence-electron chi connectivity index (χ3n) is 4.21. The summed E-state index contributed by atoms with van der Waals surface area (Å²) in [6.45, 7) is 2.58. The summed E-state index contributed by atoms with van der Waals surface area (Å²) in [6.07, 6.45) is 5.55. The molecule has 0 saturated heterocycles. The highest BCUT2D eigenvalue weighted by Crippen LogP contribution is 2.15. The van der Waals surface area contributed by atoms with E-state index in [1.54, 1.807) is 10.9 Å². The molecule has 0 fully saturated rings. The zero-order valence-corrected chi connectivity index (χ0v) is 14.9. The van der Waals surface area contributed by atoms with Crippen molar-refractivity contribution >= 4 is 11.6 Å². The molecule has 0 atom stereocenters. The van der Waals surface area contributed by atoms with Crippen LogP contribution < -0.4 is 5.32 Å². The van der Waals surface area contributed by atoms with Crippen LogP contribution in [0.2, 0.25) is 0 Å². The minimum Gasteiger partial charge on any atom is -0.322 e. The molecule has 0 aliphatic carbocycles. The average molecular weight is 357 g/mol. The number of aryl methyl sites for hydroxylation is 1. The maximum absolute atomic E-state index is 12.6. The predicted octanol–water partition coefficient (Wildman–Crippen LogP) is 3.68. The van der Waals surface area contributed by atoms with E-state index in [2.05, 4.69) is 15.5 Å². The highest BCUT2D eigenvalue weighted by molar-refractivity contribution is 6.04. The molecule has 0 saturated carbocycles. The number of aromatic nitrogens is 4. The monoisotopic (exact) mass is 357 g/mol. The molecule has 2 aromatic heterocycles. The molecule has 0 bridgehead atoms. The average Bonchev–Trinajstić information content (AvgIpc) is 3.34. The molecule has 1 amide bonds. The number of carbonyl (C=O) groups excluding carboxylic acids is 1. The van der Waals surface area contributed by atoms with Crippen molar-refractivity contribution < 1.29 is 4.79 Å². The molecule has 0 aliphatic rings. The zero-order chi connectivity index (χ0) is 18.6. The van der Waals surface area contributed by atoms with Gasteiger partial charge in [-0.3, -0.25) is 9.48 Å². The van der Waals surface area contributed by atoms with Gasteiger partial charge >= 0.3 is 0 Å². The van der Waals surface area contributed by atoms with Crippen LogP contribution >= 0.6 is 0 Å². The van der Waals surface area contributed by atoms with E-state index in [0.29, 0.717) is 12.1 Å². The summed E-state index contributed by atoms with van der Waals surface area (Å²) in [4.78, 5) is 12.6. The van der Waals surface area contributed by atoms with Crippen molar-refractivity contribution in [3.8, 4) is 5.69 Å². The zero-order valence-electron chi connectivity index (χ0n) is 14.9. The van der Waals surface area contributed by atoms with E-state index in [1.165, 1.54) is 0 Å². The number of nitrogens with one attached hydrogen (secondary N) is 1. The van der Waals surface area contributed by atoms with Crippen LogP contribution in [0.1, 0.15) is 21.6 Å². The predicted molar refractivity (Wildman–Crippen MR) is 104 cm³/mol. The van der Waals surface area contributed by atoms with Gasteiger partial charge in [-0.15, -0.1) is 0 Å². The van der Waals surface area contributed by atoms with Gasteiger partial charge in [-0.05, 0) is 61.0 Å². The van der Waals surface area contributed by atoms with Gasteiger partial charge in [-0.25, -0.2) is 4.68 Å². The van der Waals surface area contributed by atoms with E-state index < -0.39 is 0 Å². The first-order chi connectivity index (χ1) is 13.2. The van der Waals surface area contributed by atoms with Crippen molar-refractivity contribution in [3.63, 3.8) is 0 Å². The molecule has 27 heavy (non-hydrogen) atoms. The van der Waals surface area contributed by atoms with Crippen molar-refractivity contribution in [2.45, 2.75) is 13.5 Å². The molecule has 4 rings (SSSR count). The topological polar surface area (TPSA) is 64.7 Å². The van der Waals surface area contributed by atoms with Crippen molar-refractivity contribution in [2.24, 2.45) is 0 Å². The minimum atomic E-state index is -0.139. The van der Waals surface area contributed by atoms with Gasteiger partial charge in [0.25, 0.3) is 5.91 Å². The second kappa shape index (κ2) is 7.29. The standard InChI is InChI=1S/C21H19N5O/c1-16-10-13-26(24-16)20-8-6-19(7-9-20)23-21(27)18-5-2-4-17(14-18)15-25-12-3-11-22-25/h2-14H,15H2,1H3,(H,23,27). The third kappa shape index (κ3) is 3.95. The van der Waals surface area contributed by atoms with E-state index in [0.717, 1.165) is 22.6 Å². The number of anilines is 1. The van der Waals surface area contributed by atoms with Crippen molar-refractivity contribution in [1.82, 2.24) is 19.6 Å². The molecule has 6 nitrogen and oxygen atoms in total. The summed E-state index contributed by atoms with van der Waals surface area (Å²) in [5.41, 5.74) is 4.29. The van der Waals surface area contributed by atoms with E-state index in [-0.39, 0.29) is 5.91 Å². The summed E-state index contributed by atoms with van der Waals surface area (Å²) < 4.78 is 3.63. The Balaban J connectivity index is 1.45. The van der Waals surface area contributed by atoms with Crippen LogP contribution in [-0.4, -0.2) is 25.5 Å². The Hall–Kier alpha value is -3.67. The van der Waals surface area contributed by atoms with Gasteiger partial charge in [0, 0.05) is 29.8 Å². The van der Waals surface area contributed by atoms with Crippen LogP contribution in [0.5, 0.6) is 0 Å². The van der Waals surface area contributed by atoms with Gasteiger partial charge in [0.05, 0.1) is 17.9 Å². The highest BCUT2D eigenvalue weighted by Gasteiger charge is 2.08. The first kappa shape index (κ1) is 16.8. The quantitative estimate of drug-likeness (QED) is 0.593. The first-order valence-electron chi connectivity index (χ1n) is 8.68. The van der Waals surface area contributed by atoms with Gasteiger partial charge in [-0.1, -0.05) is 12.1 Å². The van der Waals surface area contributed by atoms with E-state index >= 15 is 0 Å².